The van der Waals surface area contributed by atoms with Crippen LogP contribution in [0.15, 0.2) is 47.5 Å². The number of hydrogen-bond donors (Lipinski definition) is 2. The Kier molecular flexibility index (Phi) is 6.11. The molecule has 4 rings (SSSR count). The van der Waals surface area contributed by atoms with Crippen molar-refractivity contribution in [2.45, 2.75) is 33.9 Å². The second-order valence-electron chi connectivity index (χ2n) is 7.50. The van der Waals surface area contributed by atoms with Crippen LogP contribution >= 0.6 is 0 Å². The summed E-state index contributed by atoms with van der Waals surface area (Å²) in [5, 5.41) is 3.74. The first-order valence-electron chi connectivity index (χ1n) is 10.6. The maximum Gasteiger partial charge on any atom is 0.278 e. The Balaban J connectivity index is 1.48. The molecule has 0 aliphatic carbocycles. The lowest BCUT2D eigenvalue weighted by Gasteiger charge is -2.13. The summed E-state index contributed by atoms with van der Waals surface area (Å²) in [6.45, 7) is 7.05. The molecule has 0 spiro atoms. The molecule has 0 radical (unpaired) electrons. The summed E-state index contributed by atoms with van der Waals surface area (Å²) in [6.07, 6.45) is 1.42. The number of nitrogens with one attached hydrogen (secondary N) is 2. The van der Waals surface area contributed by atoms with Crippen molar-refractivity contribution >= 4 is 27.8 Å². The quantitative estimate of drug-likeness (QED) is 0.443. The molecule has 8 nitrogen and oxygen atoms in total. The number of nitrogens with zero attached hydrogens (tertiary/aromatic N) is 2. The van der Waals surface area contributed by atoms with E-state index in [0.717, 1.165) is 22.0 Å². The van der Waals surface area contributed by atoms with E-state index in [4.69, 9.17) is 9.47 Å². The summed E-state index contributed by atoms with van der Waals surface area (Å²) in [5.41, 5.74) is 3.54. The van der Waals surface area contributed by atoms with Crippen LogP contribution in [-0.4, -0.2) is 33.7 Å². The van der Waals surface area contributed by atoms with E-state index in [-0.39, 0.29) is 18.0 Å². The first-order chi connectivity index (χ1) is 15.5. The number of benzene rings is 2. The van der Waals surface area contributed by atoms with Gasteiger partial charge in [-0.2, -0.15) is 0 Å². The third-order valence-electron chi connectivity index (χ3n) is 5.14. The highest BCUT2D eigenvalue weighted by molar-refractivity contribution is 6.04. The van der Waals surface area contributed by atoms with Gasteiger partial charge in [-0.1, -0.05) is 17.7 Å². The summed E-state index contributed by atoms with van der Waals surface area (Å²) in [7, 11) is 0. The molecule has 2 aromatic carbocycles. The zero-order valence-corrected chi connectivity index (χ0v) is 18.4. The summed E-state index contributed by atoms with van der Waals surface area (Å²) in [5.74, 6) is 1.02. The fourth-order valence-electron chi connectivity index (χ4n) is 3.63. The summed E-state index contributed by atoms with van der Waals surface area (Å²) in [6, 6.07) is 11.4. The van der Waals surface area contributed by atoms with Crippen molar-refractivity contribution in [2.24, 2.45) is 0 Å². The minimum absolute atomic E-state index is 0.120. The van der Waals surface area contributed by atoms with Crippen LogP contribution < -0.4 is 20.3 Å². The molecule has 0 saturated heterocycles. The molecule has 0 atom stereocenters. The highest BCUT2D eigenvalue weighted by Gasteiger charge is 2.13. The molecule has 0 bridgehead atoms. The zero-order chi connectivity index (χ0) is 22.7. The molecule has 0 saturated carbocycles. The molecule has 0 aliphatic heterocycles. The number of hydrogen-bond acceptors (Lipinski definition) is 5. The molecule has 32 heavy (non-hydrogen) atoms. The predicted molar refractivity (Wildman–Crippen MR) is 123 cm³/mol. The maximum atomic E-state index is 12.9. The summed E-state index contributed by atoms with van der Waals surface area (Å²) in [4.78, 5) is 32.9. The van der Waals surface area contributed by atoms with Gasteiger partial charge in [-0.15, -0.1) is 0 Å². The number of carbonyl (C=O) groups excluding carboxylic acids is 1. The SMILES string of the molecule is CCOc1ccc(CNC(=O)Cn2cnc3c([nH]c4ccc(C)cc43)c2=O)cc1OCC. The zero-order valence-electron chi connectivity index (χ0n) is 18.4. The highest BCUT2D eigenvalue weighted by Crippen LogP contribution is 2.28. The number of fused-ring (bicyclic) bond motifs is 3. The van der Waals surface area contributed by atoms with Crippen molar-refractivity contribution in [2.75, 3.05) is 13.2 Å². The van der Waals surface area contributed by atoms with Gasteiger partial charge in [0.2, 0.25) is 5.91 Å². The van der Waals surface area contributed by atoms with Crippen molar-refractivity contribution in [3.05, 3.63) is 64.2 Å². The van der Waals surface area contributed by atoms with Gasteiger partial charge in [0.15, 0.2) is 11.5 Å². The molecule has 8 heteroatoms. The van der Waals surface area contributed by atoms with Gasteiger partial charge < -0.3 is 19.8 Å². The van der Waals surface area contributed by atoms with Gasteiger partial charge in [0.1, 0.15) is 17.6 Å². The topological polar surface area (TPSA) is 98.2 Å². The van der Waals surface area contributed by atoms with Gasteiger partial charge in [0.05, 0.1) is 19.5 Å². The Labute approximate surface area is 185 Å². The van der Waals surface area contributed by atoms with Crippen LogP contribution in [0.3, 0.4) is 0 Å². The van der Waals surface area contributed by atoms with Crippen LogP contribution in [-0.2, 0) is 17.9 Å². The van der Waals surface area contributed by atoms with E-state index in [1.165, 1.54) is 10.9 Å². The third-order valence-corrected chi connectivity index (χ3v) is 5.14. The number of aromatic nitrogens is 3. The molecule has 2 N–H and O–H groups in total. The minimum atomic E-state index is -0.285. The van der Waals surface area contributed by atoms with Crippen LogP contribution in [0.5, 0.6) is 11.5 Å². The van der Waals surface area contributed by atoms with Crippen molar-refractivity contribution < 1.29 is 14.3 Å². The lowest BCUT2D eigenvalue weighted by molar-refractivity contribution is -0.121. The Morgan fingerprint density at radius 3 is 2.66 bits per heavy atom. The number of aryl methyl sites for hydroxylation is 1. The minimum Gasteiger partial charge on any atom is -0.490 e. The number of aromatic amines is 1. The summed E-state index contributed by atoms with van der Waals surface area (Å²) < 4.78 is 12.5. The molecule has 0 fully saturated rings. The van der Waals surface area contributed by atoms with Gasteiger partial charge in [0, 0.05) is 17.4 Å². The second kappa shape index (κ2) is 9.13. The fraction of sp³-hybridized carbons (Fsp3) is 0.292. The second-order valence-corrected chi connectivity index (χ2v) is 7.50. The average Bonchev–Trinajstić information content (AvgIpc) is 3.15. The molecular weight excluding hydrogens is 408 g/mol. The van der Waals surface area contributed by atoms with E-state index in [2.05, 4.69) is 15.3 Å². The van der Waals surface area contributed by atoms with Crippen LogP contribution in [0.1, 0.15) is 25.0 Å². The molecule has 0 aliphatic rings. The van der Waals surface area contributed by atoms with Gasteiger partial charge in [0.25, 0.3) is 5.56 Å². The summed E-state index contributed by atoms with van der Waals surface area (Å²) >= 11 is 0. The largest absolute Gasteiger partial charge is 0.490 e. The van der Waals surface area contributed by atoms with Gasteiger partial charge >= 0.3 is 0 Å². The predicted octanol–water partition coefficient (Wildman–Crippen LogP) is 3.30. The van der Waals surface area contributed by atoms with Gasteiger partial charge in [-0.25, -0.2) is 4.98 Å². The number of carbonyl (C=O) groups is 1. The standard InChI is InChI=1S/C24H26N4O4/c1-4-31-19-9-7-16(11-20(19)32-5-2)12-25-21(29)13-28-14-26-22-17-10-15(3)6-8-18(17)27-23(22)24(28)30/h6-11,14,27H,4-5,12-13H2,1-3H3,(H,25,29). The van der Waals surface area contributed by atoms with E-state index < -0.39 is 0 Å². The normalized spacial score (nSPS) is 11.1. The van der Waals surface area contributed by atoms with E-state index in [1.54, 1.807) is 0 Å². The first-order valence-corrected chi connectivity index (χ1v) is 10.6. The lowest BCUT2D eigenvalue weighted by Crippen LogP contribution is -2.32. The van der Waals surface area contributed by atoms with Crippen LogP contribution in [0.25, 0.3) is 21.9 Å². The molecule has 166 valence electrons. The molecule has 4 aromatic rings. The smallest absolute Gasteiger partial charge is 0.278 e. The molecule has 0 unspecified atom stereocenters. The number of amides is 1. The van der Waals surface area contributed by atoms with Crippen LogP contribution in [0, 0.1) is 6.92 Å². The Morgan fingerprint density at radius 1 is 1.09 bits per heavy atom. The molecule has 1 amide bonds. The number of ether oxygens (including phenoxy) is 2. The van der Waals surface area contributed by atoms with Crippen LogP contribution in [0.4, 0.5) is 0 Å². The monoisotopic (exact) mass is 434 g/mol. The molecule has 2 heterocycles. The highest BCUT2D eigenvalue weighted by atomic mass is 16.5. The van der Waals surface area contributed by atoms with Crippen molar-refractivity contribution in [1.82, 2.24) is 19.9 Å². The Morgan fingerprint density at radius 2 is 1.88 bits per heavy atom. The van der Waals surface area contributed by atoms with E-state index in [9.17, 15) is 9.59 Å². The average molecular weight is 434 g/mol. The number of H-pyrrole nitrogens is 1. The van der Waals surface area contributed by atoms with Gasteiger partial charge in [-0.05, 0) is 50.6 Å². The first kappa shape index (κ1) is 21.4. The van der Waals surface area contributed by atoms with E-state index in [0.29, 0.717) is 42.3 Å². The van der Waals surface area contributed by atoms with Gasteiger partial charge in [-0.3, -0.25) is 14.2 Å². The van der Waals surface area contributed by atoms with E-state index in [1.807, 2.05) is 57.2 Å². The van der Waals surface area contributed by atoms with Crippen LogP contribution in [0.2, 0.25) is 0 Å². The number of rotatable bonds is 8. The van der Waals surface area contributed by atoms with Crippen molar-refractivity contribution in [3.8, 4) is 11.5 Å². The van der Waals surface area contributed by atoms with E-state index >= 15 is 0 Å². The Bertz CT molecular complexity index is 1340. The maximum absolute atomic E-state index is 12.9. The van der Waals surface area contributed by atoms with Crippen molar-refractivity contribution in [1.29, 1.82) is 0 Å². The third kappa shape index (κ3) is 4.30. The molecular formula is C24H26N4O4. The fourth-order valence-corrected chi connectivity index (χ4v) is 3.63. The lowest BCUT2D eigenvalue weighted by atomic mass is 10.2. The Hall–Kier alpha value is -3.81. The van der Waals surface area contributed by atoms with Crippen molar-refractivity contribution in [3.63, 3.8) is 0 Å². The molecule has 2 aromatic heterocycles.